The number of alkyl halides is 1. The molecule has 78 valence electrons. The van der Waals surface area contributed by atoms with Gasteiger partial charge in [-0.05, 0) is 18.1 Å². The first kappa shape index (κ1) is 10.7. The highest BCUT2D eigenvalue weighted by molar-refractivity contribution is 14.1. The van der Waals surface area contributed by atoms with Crippen molar-refractivity contribution in [2.24, 2.45) is 0 Å². The molecule has 1 aromatic carbocycles. The van der Waals surface area contributed by atoms with Crippen molar-refractivity contribution in [3.63, 3.8) is 0 Å². The van der Waals surface area contributed by atoms with Crippen LogP contribution in [-0.2, 0) is 9.53 Å². The fraction of sp³-hybridized carbons (Fsp3) is 0.250. The molecule has 3 heteroatoms. The smallest absolute Gasteiger partial charge is 0.331 e. The van der Waals surface area contributed by atoms with Crippen LogP contribution in [-0.4, -0.2) is 12.1 Å². The Hall–Kier alpha value is -0.840. The van der Waals surface area contributed by atoms with Crippen LogP contribution in [0, 0.1) is 0 Å². The fourth-order valence-electron chi connectivity index (χ4n) is 1.62. The van der Waals surface area contributed by atoms with Crippen molar-refractivity contribution in [2.75, 3.05) is 0 Å². The number of halogens is 1. The first-order chi connectivity index (χ1) is 7.18. The zero-order valence-corrected chi connectivity index (χ0v) is 10.5. The second-order valence-corrected chi connectivity index (χ2v) is 4.90. The van der Waals surface area contributed by atoms with Crippen molar-refractivity contribution in [3.8, 4) is 0 Å². The van der Waals surface area contributed by atoms with Crippen molar-refractivity contribution >= 4 is 28.6 Å². The van der Waals surface area contributed by atoms with E-state index in [0.29, 0.717) is 0 Å². The van der Waals surface area contributed by atoms with Crippen LogP contribution in [0.4, 0.5) is 0 Å². The van der Waals surface area contributed by atoms with Gasteiger partial charge in [-0.3, -0.25) is 0 Å². The van der Waals surface area contributed by atoms with Crippen molar-refractivity contribution in [2.45, 2.75) is 17.0 Å². The lowest BCUT2D eigenvalue weighted by molar-refractivity contribution is -0.138. The number of esters is 1. The highest BCUT2D eigenvalue weighted by Gasteiger charge is 2.30. The molecule has 0 saturated carbocycles. The van der Waals surface area contributed by atoms with E-state index in [-0.39, 0.29) is 16.0 Å². The number of benzene rings is 1. The molecule has 1 heterocycles. The lowest BCUT2D eigenvalue weighted by Gasteiger charge is -2.18. The molecule has 0 amide bonds. The van der Waals surface area contributed by atoms with E-state index in [1.54, 1.807) is 6.08 Å². The van der Waals surface area contributed by atoms with Crippen LogP contribution in [0.2, 0.25) is 0 Å². The molecule has 0 radical (unpaired) electrons. The van der Waals surface area contributed by atoms with Crippen LogP contribution < -0.4 is 0 Å². The molecule has 0 N–H and O–H groups in total. The number of hydrogen-bond donors (Lipinski definition) is 0. The molecule has 15 heavy (non-hydrogen) atoms. The van der Waals surface area contributed by atoms with Gasteiger partial charge in [0.25, 0.3) is 0 Å². The molecular weight excluding hydrogens is 303 g/mol. The van der Waals surface area contributed by atoms with Crippen molar-refractivity contribution < 1.29 is 9.53 Å². The number of hydrogen-bond acceptors (Lipinski definition) is 2. The Morgan fingerprint density at radius 1 is 1.33 bits per heavy atom. The number of ether oxygens (including phenoxy) is 1. The average Bonchev–Trinajstić information content (AvgIpc) is 2.58. The predicted molar refractivity (Wildman–Crippen MR) is 66.8 cm³/mol. The van der Waals surface area contributed by atoms with Gasteiger partial charge in [0.05, 0.1) is 3.92 Å². The maximum atomic E-state index is 11.1. The summed E-state index contributed by atoms with van der Waals surface area (Å²) in [6, 6.07) is 10.1. The summed E-state index contributed by atoms with van der Waals surface area (Å²) in [5, 5.41) is 0. The second kappa shape index (κ2) is 4.35. The molecule has 0 aromatic heterocycles. The molecular formula is C12H11IO2. The van der Waals surface area contributed by atoms with E-state index in [9.17, 15) is 4.79 Å². The largest absolute Gasteiger partial charge is 0.453 e. The van der Waals surface area contributed by atoms with Gasteiger partial charge in [0.15, 0.2) is 0 Å². The Morgan fingerprint density at radius 3 is 2.53 bits per heavy atom. The topological polar surface area (TPSA) is 26.3 Å². The van der Waals surface area contributed by atoms with Crippen LogP contribution in [0.25, 0.3) is 0 Å². The van der Waals surface area contributed by atoms with Crippen molar-refractivity contribution in [3.05, 3.63) is 47.5 Å². The third-order valence-corrected chi connectivity index (χ3v) is 3.79. The summed E-state index contributed by atoms with van der Waals surface area (Å²) in [6.45, 7) is 1.93. The van der Waals surface area contributed by atoms with Gasteiger partial charge in [-0.15, -0.1) is 0 Å². The minimum absolute atomic E-state index is 0.111. The van der Waals surface area contributed by atoms with Gasteiger partial charge in [-0.2, -0.15) is 0 Å². The zero-order chi connectivity index (χ0) is 10.8. The van der Waals surface area contributed by atoms with E-state index in [1.165, 1.54) is 5.56 Å². The van der Waals surface area contributed by atoms with Gasteiger partial charge >= 0.3 is 5.97 Å². The van der Waals surface area contributed by atoms with E-state index < -0.39 is 0 Å². The molecule has 0 bridgehead atoms. The fourth-order valence-corrected chi connectivity index (χ4v) is 2.75. The summed E-state index contributed by atoms with van der Waals surface area (Å²) < 4.78 is 5.44. The zero-order valence-electron chi connectivity index (χ0n) is 8.31. The van der Waals surface area contributed by atoms with E-state index in [4.69, 9.17) is 4.74 Å². The molecule has 2 rings (SSSR count). The van der Waals surface area contributed by atoms with Crippen LogP contribution in [0.5, 0.6) is 0 Å². The highest BCUT2D eigenvalue weighted by atomic mass is 127. The summed E-state index contributed by atoms with van der Waals surface area (Å²) in [5.74, 6) is -0.227. The summed E-state index contributed by atoms with van der Waals surface area (Å²) >= 11 is 2.32. The van der Waals surface area contributed by atoms with E-state index in [0.717, 1.165) is 5.57 Å². The third kappa shape index (κ3) is 2.22. The molecule has 2 nitrogen and oxygen atoms in total. The summed E-state index contributed by atoms with van der Waals surface area (Å²) in [5.41, 5.74) is 2.19. The third-order valence-electron chi connectivity index (χ3n) is 2.42. The Bertz CT molecular complexity index is 397. The lowest BCUT2D eigenvalue weighted by atomic mass is 10.0. The first-order valence-electron chi connectivity index (χ1n) is 4.76. The molecule has 0 spiro atoms. The number of carbonyl (C=O) groups is 1. The van der Waals surface area contributed by atoms with E-state index >= 15 is 0 Å². The van der Waals surface area contributed by atoms with Gasteiger partial charge in [0.2, 0.25) is 0 Å². The Labute approximate surface area is 102 Å². The van der Waals surface area contributed by atoms with E-state index in [1.807, 2.05) is 25.1 Å². The van der Waals surface area contributed by atoms with Gasteiger partial charge in [0.1, 0.15) is 6.10 Å². The molecule has 1 aliphatic heterocycles. The maximum absolute atomic E-state index is 11.1. The standard InChI is InChI=1S/C12H11IO2/c1-8-7-10(14)15-12(8)11(13)9-5-3-2-4-6-9/h2-7,11-12H,1H3/t11-,12+/m1/s1. The second-order valence-electron chi connectivity index (χ2n) is 3.56. The number of cyclic esters (lactones) is 1. The Kier molecular flexibility index (Phi) is 3.09. The van der Waals surface area contributed by atoms with Crippen LogP contribution in [0.15, 0.2) is 42.0 Å². The normalized spacial score (nSPS) is 22.1. The predicted octanol–water partition coefficient (Wildman–Crippen LogP) is 3.03. The quantitative estimate of drug-likeness (QED) is 0.476. The van der Waals surface area contributed by atoms with Crippen molar-refractivity contribution in [1.82, 2.24) is 0 Å². The molecule has 0 unspecified atom stereocenters. The minimum Gasteiger partial charge on any atom is -0.453 e. The van der Waals surface area contributed by atoms with Crippen LogP contribution in [0.1, 0.15) is 16.4 Å². The first-order valence-corrected chi connectivity index (χ1v) is 6.01. The molecule has 0 saturated heterocycles. The Balaban J connectivity index is 2.20. The summed E-state index contributed by atoms with van der Waals surface area (Å²) in [6.07, 6.45) is 1.46. The maximum Gasteiger partial charge on any atom is 0.331 e. The van der Waals surface area contributed by atoms with E-state index in [2.05, 4.69) is 34.7 Å². The molecule has 1 aromatic rings. The van der Waals surface area contributed by atoms with Gasteiger partial charge < -0.3 is 4.74 Å². The summed E-state index contributed by atoms with van der Waals surface area (Å²) in [7, 11) is 0. The van der Waals surface area contributed by atoms with Crippen LogP contribution in [0.3, 0.4) is 0 Å². The van der Waals surface area contributed by atoms with Crippen molar-refractivity contribution in [1.29, 1.82) is 0 Å². The van der Waals surface area contributed by atoms with Gasteiger partial charge in [0, 0.05) is 6.08 Å². The minimum atomic E-state index is -0.227. The number of rotatable bonds is 2. The van der Waals surface area contributed by atoms with Crippen LogP contribution >= 0.6 is 22.6 Å². The molecule has 1 aliphatic rings. The van der Waals surface area contributed by atoms with Gasteiger partial charge in [-0.25, -0.2) is 4.79 Å². The van der Waals surface area contributed by atoms with Gasteiger partial charge in [-0.1, -0.05) is 52.9 Å². The highest BCUT2D eigenvalue weighted by Crippen LogP contribution is 2.35. The molecule has 0 fully saturated rings. The monoisotopic (exact) mass is 314 g/mol. The molecule has 2 atom stereocenters. The average molecular weight is 314 g/mol. The molecule has 0 aliphatic carbocycles. The summed E-state index contributed by atoms with van der Waals surface area (Å²) in [4.78, 5) is 11.1. The number of carbonyl (C=O) groups excluding carboxylic acids is 1. The Morgan fingerprint density at radius 2 is 2.00 bits per heavy atom. The lowest BCUT2D eigenvalue weighted by Crippen LogP contribution is -2.16. The SMILES string of the molecule is CC1=CC(=O)O[C@@H]1[C@H](I)c1ccccc1.